The van der Waals surface area contributed by atoms with E-state index in [1.165, 1.54) is 36.4 Å². The topological polar surface area (TPSA) is 133 Å². The number of carbonyl (C=O) groups excluding carboxylic acids is 2. The first-order valence-electron chi connectivity index (χ1n) is 7.65. The van der Waals surface area contributed by atoms with E-state index >= 15 is 0 Å². The maximum atomic E-state index is 11.5. The van der Waals surface area contributed by atoms with E-state index in [0.29, 0.717) is 11.1 Å². The summed E-state index contributed by atoms with van der Waals surface area (Å²) in [7, 11) is 0. The van der Waals surface area contributed by atoms with E-state index in [4.69, 9.17) is 0 Å². The predicted octanol–water partition coefficient (Wildman–Crippen LogP) is 3.34. The fourth-order valence-electron chi connectivity index (χ4n) is 2.92. The van der Waals surface area contributed by atoms with Gasteiger partial charge in [0.2, 0.25) is 12.2 Å². The SMILES string of the molecule is CC(C)(c1cccc(C(=O)O)c1N=C=O)c1cccc(C(=O)O)c1N=C=O. The van der Waals surface area contributed by atoms with Crippen LogP contribution in [-0.2, 0) is 15.0 Å². The molecule has 0 spiro atoms. The van der Waals surface area contributed by atoms with Gasteiger partial charge in [-0.05, 0) is 23.3 Å². The van der Waals surface area contributed by atoms with Crippen molar-refractivity contribution in [1.82, 2.24) is 0 Å². The molecule has 0 bridgehead atoms. The summed E-state index contributed by atoms with van der Waals surface area (Å²) in [4.78, 5) is 51.8. The van der Waals surface area contributed by atoms with Crippen LogP contribution in [-0.4, -0.2) is 34.3 Å². The number of carboxylic acids is 2. The minimum Gasteiger partial charge on any atom is -0.478 e. The zero-order chi connectivity index (χ0) is 20.2. The Bertz CT molecular complexity index is 947. The summed E-state index contributed by atoms with van der Waals surface area (Å²) >= 11 is 0. The molecule has 0 aromatic heterocycles. The highest BCUT2D eigenvalue weighted by Crippen LogP contribution is 2.43. The van der Waals surface area contributed by atoms with Crippen molar-refractivity contribution in [2.75, 3.05) is 0 Å². The molecule has 0 radical (unpaired) electrons. The van der Waals surface area contributed by atoms with Crippen LogP contribution in [0.3, 0.4) is 0 Å². The summed E-state index contributed by atoms with van der Waals surface area (Å²) < 4.78 is 0. The second kappa shape index (κ2) is 7.58. The Hall–Kier alpha value is -3.86. The quantitative estimate of drug-likeness (QED) is 0.595. The second-order valence-corrected chi connectivity index (χ2v) is 6.04. The molecule has 0 aliphatic carbocycles. The lowest BCUT2D eigenvalue weighted by molar-refractivity contribution is 0.0687. The number of aromatic carboxylic acids is 2. The van der Waals surface area contributed by atoms with Crippen molar-refractivity contribution in [2.45, 2.75) is 19.3 Å². The number of carbonyl (C=O) groups is 2. The minimum absolute atomic E-state index is 0.105. The third kappa shape index (κ3) is 3.57. The molecule has 0 saturated carbocycles. The molecule has 0 saturated heterocycles. The lowest BCUT2D eigenvalue weighted by Crippen LogP contribution is -2.21. The summed E-state index contributed by atoms with van der Waals surface area (Å²) in [5, 5.41) is 18.7. The molecular weight excluding hydrogens is 352 g/mol. The zero-order valence-corrected chi connectivity index (χ0v) is 14.4. The van der Waals surface area contributed by atoms with Gasteiger partial charge >= 0.3 is 11.9 Å². The molecule has 136 valence electrons. The van der Waals surface area contributed by atoms with Crippen molar-refractivity contribution < 1.29 is 29.4 Å². The molecular formula is C19H14N2O6. The number of rotatable bonds is 6. The number of hydrogen-bond acceptors (Lipinski definition) is 6. The van der Waals surface area contributed by atoms with Crippen LogP contribution in [0.25, 0.3) is 0 Å². The van der Waals surface area contributed by atoms with Crippen LogP contribution in [0.5, 0.6) is 0 Å². The fourth-order valence-corrected chi connectivity index (χ4v) is 2.92. The van der Waals surface area contributed by atoms with Gasteiger partial charge in [-0.3, -0.25) is 0 Å². The highest BCUT2D eigenvalue weighted by Gasteiger charge is 2.32. The first kappa shape index (κ1) is 19.5. The molecule has 27 heavy (non-hydrogen) atoms. The van der Waals surface area contributed by atoms with Crippen molar-refractivity contribution in [2.24, 2.45) is 9.98 Å². The molecule has 0 atom stereocenters. The maximum Gasteiger partial charge on any atom is 0.337 e. The van der Waals surface area contributed by atoms with Gasteiger partial charge < -0.3 is 10.2 Å². The average Bonchev–Trinajstić information content (AvgIpc) is 2.62. The Kier molecular flexibility index (Phi) is 5.46. The molecule has 0 unspecified atom stereocenters. The van der Waals surface area contributed by atoms with E-state index in [2.05, 4.69) is 9.98 Å². The average molecular weight is 366 g/mol. The summed E-state index contributed by atoms with van der Waals surface area (Å²) in [6.45, 7) is 3.34. The number of para-hydroxylation sites is 2. The second-order valence-electron chi connectivity index (χ2n) is 6.04. The molecule has 2 aromatic rings. The van der Waals surface area contributed by atoms with Gasteiger partial charge in [0.25, 0.3) is 0 Å². The lowest BCUT2D eigenvalue weighted by Gasteiger charge is -2.29. The standard InChI is InChI=1S/C19H14N2O6/c1-19(2,13-7-3-5-11(17(24)25)15(13)20-9-22)14-8-4-6-12(18(26)27)16(14)21-10-23/h3-8H,1-2H3,(H,24,25)(H,26,27). The van der Waals surface area contributed by atoms with Gasteiger partial charge in [0.15, 0.2) is 0 Å². The Morgan fingerprint density at radius 1 is 0.815 bits per heavy atom. The van der Waals surface area contributed by atoms with Gasteiger partial charge in [-0.1, -0.05) is 38.1 Å². The molecule has 0 fully saturated rings. The number of benzene rings is 2. The van der Waals surface area contributed by atoms with Crippen LogP contribution >= 0.6 is 0 Å². The molecule has 0 aliphatic heterocycles. The minimum atomic E-state index is -1.29. The Morgan fingerprint density at radius 3 is 1.48 bits per heavy atom. The van der Waals surface area contributed by atoms with Crippen molar-refractivity contribution in [3.8, 4) is 0 Å². The number of isocyanates is 2. The van der Waals surface area contributed by atoms with E-state index in [1.807, 2.05) is 0 Å². The third-order valence-corrected chi connectivity index (χ3v) is 4.19. The molecule has 0 amide bonds. The van der Waals surface area contributed by atoms with E-state index in [1.54, 1.807) is 26.0 Å². The Labute approximate surface area is 153 Å². The van der Waals surface area contributed by atoms with Crippen LogP contribution in [0.1, 0.15) is 45.7 Å². The van der Waals surface area contributed by atoms with E-state index in [0.717, 1.165) is 0 Å². The smallest absolute Gasteiger partial charge is 0.337 e. The van der Waals surface area contributed by atoms with Gasteiger partial charge in [-0.25, -0.2) is 19.2 Å². The monoisotopic (exact) mass is 366 g/mol. The summed E-state index contributed by atoms with van der Waals surface area (Å²) in [5.41, 5.74) is -1.02. The first-order chi connectivity index (χ1) is 12.8. The molecule has 8 nitrogen and oxygen atoms in total. The molecule has 2 rings (SSSR count). The van der Waals surface area contributed by atoms with Crippen LogP contribution < -0.4 is 0 Å². The molecule has 2 N–H and O–H groups in total. The third-order valence-electron chi connectivity index (χ3n) is 4.19. The highest BCUT2D eigenvalue weighted by molar-refractivity contribution is 5.96. The van der Waals surface area contributed by atoms with Gasteiger partial charge in [0.1, 0.15) is 0 Å². The summed E-state index contributed by atoms with van der Waals surface area (Å²) in [6.07, 6.45) is 2.69. The van der Waals surface area contributed by atoms with E-state index in [9.17, 15) is 29.4 Å². The normalized spacial score (nSPS) is 10.4. The maximum absolute atomic E-state index is 11.5. The van der Waals surface area contributed by atoms with Gasteiger partial charge in [-0.2, -0.15) is 9.98 Å². The Balaban J connectivity index is 2.89. The Morgan fingerprint density at radius 2 is 1.19 bits per heavy atom. The lowest BCUT2D eigenvalue weighted by atomic mass is 9.75. The largest absolute Gasteiger partial charge is 0.478 e. The highest BCUT2D eigenvalue weighted by atomic mass is 16.4. The van der Waals surface area contributed by atoms with E-state index < -0.39 is 17.4 Å². The first-order valence-corrected chi connectivity index (χ1v) is 7.65. The van der Waals surface area contributed by atoms with Gasteiger partial charge in [-0.15, -0.1) is 0 Å². The van der Waals surface area contributed by atoms with Crippen molar-refractivity contribution >= 4 is 35.5 Å². The number of aliphatic imine (C=N–C) groups is 2. The van der Waals surface area contributed by atoms with Gasteiger partial charge in [0, 0.05) is 5.41 Å². The van der Waals surface area contributed by atoms with Crippen molar-refractivity contribution in [1.29, 1.82) is 0 Å². The predicted molar refractivity (Wildman–Crippen MR) is 94.5 cm³/mol. The number of hydrogen-bond donors (Lipinski definition) is 2. The van der Waals surface area contributed by atoms with Gasteiger partial charge in [0.05, 0.1) is 22.5 Å². The van der Waals surface area contributed by atoms with Crippen LogP contribution in [0.15, 0.2) is 46.4 Å². The zero-order valence-electron chi connectivity index (χ0n) is 14.4. The van der Waals surface area contributed by atoms with Crippen LogP contribution in [0.4, 0.5) is 11.4 Å². The van der Waals surface area contributed by atoms with Crippen LogP contribution in [0, 0.1) is 0 Å². The molecule has 2 aromatic carbocycles. The summed E-state index contributed by atoms with van der Waals surface area (Å²) in [5.74, 6) is -2.57. The van der Waals surface area contributed by atoms with Crippen molar-refractivity contribution in [3.05, 3.63) is 58.7 Å². The van der Waals surface area contributed by atoms with E-state index in [-0.39, 0.29) is 22.5 Å². The number of nitrogens with zero attached hydrogens (tertiary/aromatic N) is 2. The molecule has 0 heterocycles. The molecule has 0 aliphatic rings. The van der Waals surface area contributed by atoms with Crippen molar-refractivity contribution in [3.63, 3.8) is 0 Å². The summed E-state index contributed by atoms with van der Waals surface area (Å²) in [6, 6.07) is 8.66. The molecule has 8 heteroatoms. The fraction of sp³-hybridized carbons (Fsp3) is 0.158. The number of carboxylic acid groups (broad SMARTS) is 2. The van der Waals surface area contributed by atoms with Crippen LogP contribution in [0.2, 0.25) is 0 Å².